The van der Waals surface area contributed by atoms with E-state index in [2.05, 4.69) is 5.32 Å². The number of halogens is 1. The summed E-state index contributed by atoms with van der Waals surface area (Å²) in [7, 11) is 1.57. The molecule has 162 valence electrons. The van der Waals surface area contributed by atoms with Crippen LogP contribution in [-0.4, -0.2) is 23.8 Å². The normalized spacial score (nSPS) is 13.7. The Labute approximate surface area is 192 Å². The van der Waals surface area contributed by atoms with E-state index in [4.69, 9.17) is 16.3 Å². The summed E-state index contributed by atoms with van der Waals surface area (Å²) in [6.07, 6.45) is 0. The van der Waals surface area contributed by atoms with Crippen molar-refractivity contribution in [1.82, 2.24) is 4.90 Å². The first-order valence-corrected chi connectivity index (χ1v) is 10.6. The van der Waals surface area contributed by atoms with Crippen LogP contribution < -0.4 is 10.1 Å². The minimum absolute atomic E-state index is 0.108. The van der Waals surface area contributed by atoms with Crippen LogP contribution in [0.3, 0.4) is 0 Å². The second-order valence-electron chi connectivity index (χ2n) is 7.71. The molecule has 1 aliphatic rings. The van der Waals surface area contributed by atoms with Gasteiger partial charge in [-0.1, -0.05) is 65.7 Å². The van der Waals surface area contributed by atoms with Crippen LogP contribution >= 0.6 is 11.6 Å². The van der Waals surface area contributed by atoms with Gasteiger partial charge in [-0.05, 0) is 43.2 Å². The van der Waals surface area contributed by atoms with Crippen molar-refractivity contribution >= 4 is 34.7 Å². The van der Waals surface area contributed by atoms with E-state index in [0.29, 0.717) is 27.6 Å². The Balaban J connectivity index is 1.78. The summed E-state index contributed by atoms with van der Waals surface area (Å²) in [6, 6.07) is 20.3. The number of hydrogen-bond donors (Lipinski definition) is 1. The van der Waals surface area contributed by atoms with E-state index in [9.17, 15) is 9.59 Å². The molecule has 2 amide bonds. The molecule has 0 unspecified atom stereocenters. The molecule has 0 atom stereocenters. The second kappa shape index (κ2) is 8.89. The number of rotatable bonds is 6. The molecule has 3 aromatic rings. The van der Waals surface area contributed by atoms with Crippen LogP contribution in [0.5, 0.6) is 5.75 Å². The van der Waals surface area contributed by atoms with Gasteiger partial charge in [0.05, 0.1) is 19.2 Å². The van der Waals surface area contributed by atoms with Crippen molar-refractivity contribution in [3.8, 4) is 5.75 Å². The zero-order valence-electron chi connectivity index (χ0n) is 18.1. The van der Waals surface area contributed by atoms with Gasteiger partial charge in [0.15, 0.2) is 0 Å². The van der Waals surface area contributed by atoms with Gasteiger partial charge in [-0.2, -0.15) is 0 Å². The second-order valence-corrected chi connectivity index (χ2v) is 8.15. The highest BCUT2D eigenvalue weighted by atomic mass is 35.5. The predicted octanol–water partition coefficient (Wildman–Crippen LogP) is 5.36. The van der Waals surface area contributed by atoms with Crippen LogP contribution in [-0.2, 0) is 16.1 Å². The number of methoxy groups -OCH3 is 1. The number of nitrogens with one attached hydrogen (secondary N) is 1. The van der Waals surface area contributed by atoms with Gasteiger partial charge in [0.1, 0.15) is 11.4 Å². The largest absolute Gasteiger partial charge is 0.496 e. The quantitative estimate of drug-likeness (QED) is 0.518. The Bertz CT molecular complexity index is 1230. The van der Waals surface area contributed by atoms with Gasteiger partial charge in [-0.25, -0.2) is 0 Å². The summed E-state index contributed by atoms with van der Waals surface area (Å²) < 4.78 is 5.41. The van der Waals surface area contributed by atoms with Gasteiger partial charge < -0.3 is 10.1 Å². The summed E-state index contributed by atoms with van der Waals surface area (Å²) in [5, 5.41) is 3.73. The van der Waals surface area contributed by atoms with Gasteiger partial charge in [-0.15, -0.1) is 0 Å². The third-order valence-corrected chi connectivity index (χ3v) is 5.72. The van der Waals surface area contributed by atoms with Crippen molar-refractivity contribution in [1.29, 1.82) is 0 Å². The lowest BCUT2D eigenvalue weighted by molar-refractivity contribution is -0.137. The predicted molar refractivity (Wildman–Crippen MR) is 126 cm³/mol. The molecule has 1 aliphatic heterocycles. The number of carbonyl (C=O) groups is 2. The molecular formula is C26H23ClN2O3. The summed E-state index contributed by atoms with van der Waals surface area (Å²) in [6.45, 7) is 4.00. The molecule has 4 rings (SSSR count). The van der Waals surface area contributed by atoms with E-state index in [1.807, 2.05) is 68.4 Å². The van der Waals surface area contributed by atoms with E-state index < -0.39 is 5.91 Å². The molecular weight excluding hydrogens is 424 g/mol. The lowest BCUT2D eigenvalue weighted by Gasteiger charge is -2.17. The fourth-order valence-corrected chi connectivity index (χ4v) is 3.86. The number of aryl methyl sites for hydroxylation is 2. The van der Waals surface area contributed by atoms with Crippen LogP contribution in [0, 0.1) is 13.8 Å². The van der Waals surface area contributed by atoms with Crippen LogP contribution in [0.25, 0.3) is 5.57 Å². The maximum Gasteiger partial charge on any atom is 0.278 e. The molecule has 1 N–H and O–H groups in total. The molecule has 0 spiro atoms. The van der Waals surface area contributed by atoms with E-state index >= 15 is 0 Å². The summed E-state index contributed by atoms with van der Waals surface area (Å²) >= 11 is 6.18. The van der Waals surface area contributed by atoms with Gasteiger partial charge in [0.25, 0.3) is 11.8 Å². The Hall–Kier alpha value is -3.57. The van der Waals surface area contributed by atoms with Crippen LogP contribution in [0.4, 0.5) is 5.69 Å². The number of para-hydroxylation sites is 1. The highest BCUT2D eigenvalue weighted by Gasteiger charge is 2.39. The third-order valence-electron chi connectivity index (χ3n) is 5.49. The molecule has 0 radical (unpaired) electrons. The molecule has 0 saturated heterocycles. The average molecular weight is 447 g/mol. The van der Waals surface area contributed by atoms with Crippen molar-refractivity contribution in [3.05, 3.63) is 99.7 Å². The van der Waals surface area contributed by atoms with Crippen molar-refractivity contribution in [3.63, 3.8) is 0 Å². The average Bonchev–Trinajstić information content (AvgIpc) is 3.01. The number of ether oxygens (including phenoxy) is 1. The van der Waals surface area contributed by atoms with Crippen molar-refractivity contribution in [2.45, 2.75) is 20.4 Å². The molecule has 3 aromatic carbocycles. The molecule has 32 heavy (non-hydrogen) atoms. The Morgan fingerprint density at radius 2 is 1.66 bits per heavy atom. The Morgan fingerprint density at radius 3 is 2.38 bits per heavy atom. The number of anilines is 1. The van der Waals surface area contributed by atoms with Gasteiger partial charge in [-0.3, -0.25) is 14.5 Å². The minimum Gasteiger partial charge on any atom is -0.496 e. The fourth-order valence-electron chi connectivity index (χ4n) is 3.69. The Morgan fingerprint density at radius 1 is 0.938 bits per heavy atom. The van der Waals surface area contributed by atoms with E-state index in [-0.39, 0.29) is 18.1 Å². The summed E-state index contributed by atoms with van der Waals surface area (Å²) in [5.74, 6) is -0.125. The van der Waals surface area contributed by atoms with Crippen LogP contribution in [0.15, 0.2) is 72.4 Å². The Kier molecular flexibility index (Phi) is 6.01. The van der Waals surface area contributed by atoms with Crippen molar-refractivity contribution < 1.29 is 14.3 Å². The summed E-state index contributed by atoms with van der Waals surface area (Å²) in [5.41, 5.74) is 4.66. The first-order chi connectivity index (χ1) is 15.4. The number of hydrogen-bond acceptors (Lipinski definition) is 4. The molecule has 0 aromatic heterocycles. The molecule has 0 fully saturated rings. The molecule has 6 heteroatoms. The number of carbonyl (C=O) groups excluding carboxylic acids is 2. The first kappa shape index (κ1) is 21.7. The molecule has 0 bridgehead atoms. The lowest BCUT2D eigenvalue weighted by atomic mass is 10.0. The highest BCUT2D eigenvalue weighted by molar-refractivity contribution is 6.36. The summed E-state index contributed by atoms with van der Waals surface area (Å²) in [4.78, 5) is 28.2. The zero-order chi connectivity index (χ0) is 22.8. The van der Waals surface area contributed by atoms with E-state index in [1.165, 1.54) is 4.90 Å². The lowest BCUT2D eigenvalue weighted by Crippen LogP contribution is -2.32. The van der Waals surface area contributed by atoms with Crippen molar-refractivity contribution in [2.75, 3.05) is 12.4 Å². The standard InChI is InChI=1S/C26H23ClN2O3/c1-16-8-11-18(12-9-16)23-24(28-21-14-20(27)13-10-17(21)2)26(31)29(25(23)30)15-19-6-4-5-7-22(19)32-3/h4-14,28H,15H2,1-3H3. The maximum atomic E-state index is 13.5. The van der Waals surface area contributed by atoms with Crippen LogP contribution in [0.2, 0.25) is 5.02 Å². The molecule has 1 heterocycles. The molecule has 5 nitrogen and oxygen atoms in total. The number of imide groups is 1. The third kappa shape index (κ3) is 4.12. The molecule has 0 saturated carbocycles. The number of amides is 2. The number of nitrogens with zero attached hydrogens (tertiary/aromatic N) is 1. The first-order valence-electron chi connectivity index (χ1n) is 10.2. The minimum atomic E-state index is -0.393. The van der Waals surface area contributed by atoms with Crippen molar-refractivity contribution in [2.24, 2.45) is 0 Å². The smallest absolute Gasteiger partial charge is 0.278 e. The van der Waals surface area contributed by atoms with E-state index in [1.54, 1.807) is 19.2 Å². The zero-order valence-corrected chi connectivity index (χ0v) is 18.9. The van der Waals surface area contributed by atoms with Gasteiger partial charge >= 0.3 is 0 Å². The van der Waals surface area contributed by atoms with Gasteiger partial charge in [0, 0.05) is 16.3 Å². The van der Waals surface area contributed by atoms with Gasteiger partial charge in [0.2, 0.25) is 0 Å². The van der Waals surface area contributed by atoms with E-state index in [0.717, 1.165) is 16.7 Å². The maximum absolute atomic E-state index is 13.5. The monoisotopic (exact) mass is 446 g/mol. The molecule has 0 aliphatic carbocycles. The number of benzene rings is 3. The van der Waals surface area contributed by atoms with Crippen LogP contribution in [0.1, 0.15) is 22.3 Å². The SMILES string of the molecule is COc1ccccc1CN1C(=O)C(Nc2cc(Cl)ccc2C)=C(c2ccc(C)cc2)C1=O. The highest BCUT2D eigenvalue weighted by Crippen LogP contribution is 2.34. The fraction of sp³-hybridized carbons (Fsp3) is 0.154. The topological polar surface area (TPSA) is 58.6 Å².